The Balaban J connectivity index is 2.03. The molecule has 2 N–H and O–H groups in total. The van der Waals surface area contributed by atoms with Crippen molar-refractivity contribution in [1.29, 1.82) is 0 Å². The summed E-state index contributed by atoms with van der Waals surface area (Å²) < 4.78 is 18.7. The first-order valence-electron chi connectivity index (χ1n) is 5.61. The summed E-state index contributed by atoms with van der Waals surface area (Å²) in [5.41, 5.74) is 6.51. The Hall–Kier alpha value is -0.940. The molecular formula is C11H18FN3O. The molecule has 0 bridgehead atoms. The number of likely N-dealkylation sites (tertiary alicyclic amines) is 1. The SMILES string of the molecule is Cc1nc(CN2C[C@@H](F)C[C@@H]2CN)oc1C. The number of rotatable bonds is 3. The van der Waals surface area contributed by atoms with E-state index in [0.717, 1.165) is 11.5 Å². The first-order chi connectivity index (χ1) is 7.60. The predicted octanol–water partition coefficient (Wildman–Crippen LogP) is 1.16. The molecule has 2 rings (SSSR count). The smallest absolute Gasteiger partial charge is 0.208 e. The van der Waals surface area contributed by atoms with Gasteiger partial charge in [-0.15, -0.1) is 0 Å². The lowest BCUT2D eigenvalue weighted by Gasteiger charge is -2.20. The first kappa shape index (κ1) is 11.5. The van der Waals surface area contributed by atoms with Crippen LogP contribution in [-0.4, -0.2) is 35.2 Å². The van der Waals surface area contributed by atoms with Gasteiger partial charge < -0.3 is 10.2 Å². The molecule has 1 fully saturated rings. The first-order valence-corrected chi connectivity index (χ1v) is 5.61. The summed E-state index contributed by atoms with van der Waals surface area (Å²) in [6.45, 7) is 5.26. The summed E-state index contributed by atoms with van der Waals surface area (Å²) in [5, 5.41) is 0. The molecule has 90 valence electrons. The zero-order valence-corrected chi connectivity index (χ0v) is 9.74. The molecule has 0 saturated carbocycles. The van der Waals surface area contributed by atoms with Crippen LogP contribution in [0, 0.1) is 13.8 Å². The van der Waals surface area contributed by atoms with Gasteiger partial charge in [-0.05, 0) is 20.3 Å². The zero-order valence-electron chi connectivity index (χ0n) is 9.74. The van der Waals surface area contributed by atoms with E-state index in [2.05, 4.69) is 4.98 Å². The van der Waals surface area contributed by atoms with Crippen LogP contribution in [0.1, 0.15) is 23.8 Å². The molecule has 0 radical (unpaired) electrons. The highest BCUT2D eigenvalue weighted by Crippen LogP contribution is 2.22. The quantitative estimate of drug-likeness (QED) is 0.842. The van der Waals surface area contributed by atoms with Crippen molar-refractivity contribution in [3.05, 3.63) is 17.3 Å². The summed E-state index contributed by atoms with van der Waals surface area (Å²) >= 11 is 0. The minimum absolute atomic E-state index is 0.113. The Morgan fingerprint density at radius 2 is 2.31 bits per heavy atom. The van der Waals surface area contributed by atoms with Gasteiger partial charge in [0, 0.05) is 19.1 Å². The number of alkyl halides is 1. The van der Waals surface area contributed by atoms with Crippen molar-refractivity contribution in [3.63, 3.8) is 0 Å². The zero-order chi connectivity index (χ0) is 11.7. The van der Waals surface area contributed by atoms with Gasteiger partial charge in [0.2, 0.25) is 5.89 Å². The third-order valence-electron chi connectivity index (χ3n) is 3.16. The highest BCUT2D eigenvalue weighted by molar-refractivity contribution is 5.05. The van der Waals surface area contributed by atoms with Gasteiger partial charge in [-0.25, -0.2) is 9.37 Å². The highest BCUT2D eigenvalue weighted by atomic mass is 19.1. The fourth-order valence-corrected chi connectivity index (χ4v) is 2.14. The van der Waals surface area contributed by atoms with E-state index >= 15 is 0 Å². The Kier molecular flexibility index (Phi) is 3.25. The highest BCUT2D eigenvalue weighted by Gasteiger charge is 2.31. The average molecular weight is 227 g/mol. The summed E-state index contributed by atoms with van der Waals surface area (Å²) in [7, 11) is 0. The fraction of sp³-hybridized carbons (Fsp3) is 0.727. The third kappa shape index (κ3) is 2.25. The largest absolute Gasteiger partial charge is 0.444 e. The Bertz CT molecular complexity index is 347. The lowest BCUT2D eigenvalue weighted by Crippen LogP contribution is -2.35. The van der Waals surface area contributed by atoms with Crippen LogP contribution in [0.15, 0.2) is 4.42 Å². The molecule has 4 nitrogen and oxygen atoms in total. The Morgan fingerprint density at radius 1 is 1.56 bits per heavy atom. The summed E-state index contributed by atoms with van der Waals surface area (Å²) in [6.07, 6.45) is -0.250. The minimum atomic E-state index is -0.772. The summed E-state index contributed by atoms with van der Waals surface area (Å²) in [5.74, 6) is 1.48. The monoisotopic (exact) mass is 227 g/mol. The van der Waals surface area contributed by atoms with E-state index in [0.29, 0.717) is 31.9 Å². The molecule has 0 amide bonds. The maximum atomic E-state index is 13.2. The van der Waals surface area contributed by atoms with E-state index in [1.807, 2.05) is 18.7 Å². The van der Waals surface area contributed by atoms with Gasteiger partial charge in [0.25, 0.3) is 0 Å². The lowest BCUT2D eigenvalue weighted by atomic mass is 10.2. The minimum Gasteiger partial charge on any atom is -0.444 e. The molecule has 0 aliphatic carbocycles. The summed E-state index contributed by atoms with van der Waals surface area (Å²) in [6, 6.07) is 0.113. The van der Waals surface area contributed by atoms with E-state index < -0.39 is 6.17 Å². The second-order valence-corrected chi connectivity index (χ2v) is 4.40. The maximum Gasteiger partial charge on any atom is 0.208 e. The number of nitrogens with zero attached hydrogens (tertiary/aromatic N) is 2. The van der Waals surface area contributed by atoms with Crippen LogP contribution in [0.5, 0.6) is 0 Å². The fourth-order valence-electron chi connectivity index (χ4n) is 2.14. The average Bonchev–Trinajstić information content (AvgIpc) is 2.72. The van der Waals surface area contributed by atoms with Crippen molar-refractivity contribution in [2.75, 3.05) is 13.1 Å². The van der Waals surface area contributed by atoms with Crippen LogP contribution in [0.2, 0.25) is 0 Å². The van der Waals surface area contributed by atoms with E-state index in [9.17, 15) is 4.39 Å². The summed E-state index contributed by atoms with van der Waals surface area (Å²) in [4.78, 5) is 6.31. The molecule has 5 heteroatoms. The van der Waals surface area contributed by atoms with E-state index in [1.165, 1.54) is 0 Å². The Labute approximate surface area is 94.6 Å². The van der Waals surface area contributed by atoms with Gasteiger partial charge in [0.05, 0.1) is 12.2 Å². The molecular weight excluding hydrogens is 209 g/mol. The van der Waals surface area contributed by atoms with E-state index in [-0.39, 0.29) is 6.04 Å². The third-order valence-corrected chi connectivity index (χ3v) is 3.16. The number of hydrogen-bond acceptors (Lipinski definition) is 4. The van der Waals surface area contributed by atoms with Crippen molar-refractivity contribution < 1.29 is 8.81 Å². The van der Waals surface area contributed by atoms with Crippen molar-refractivity contribution >= 4 is 0 Å². The van der Waals surface area contributed by atoms with Gasteiger partial charge in [-0.2, -0.15) is 0 Å². The molecule has 0 aromatic carbocycles. The molecule has 1 aliphatic rings. The van der Waals surface area contributed by atoms with Crippen molar-refractivity contribution in [1.82, 2.24) is 9.88 Å². The van der Waals surface area contributed by atoms with Crippen LogP contribution in [0.4, 0.5) is 4.39 Å². The number of nitrogens with two attached hydrogens (primary N) is 1. The Morgan fingerprint density at radius 3 is 2.88 bits per heavy atom. The van der Waals surface area contributed by atoms with Crippen molar-refractivity contribution in [2.45, 2.75) is 39.0 Å². The molecule has 2 heterocycles. The topological polar surface area (TPSA) is 55.3 Å². The lowest BCUT2D eigenvalue weighted by molar-refractivity contribution is 0.215. The molecule has 2 atom stereocenters. The molecule has 0 spiro atoms. The molecule has 0 unspecified atom stereocenters. The molecule has 1 aliphatic heterocycles. The standard InChI is InChI=1S/C11H18FN3O/c1-7-8(2)16-11(14-7)6-15-5-9(12)3-10(15)4-13/h9-10H,3-6,13H2,1-2H3/t9-,10+/m0/s1. The second-order valence-electron chi connectivity index (χ2n) is 4.40. The molecule has 1 saturated heterocycles. The molecule has 1 aromatic heterocycles. The van der Waals surface area contributed by atoms with Gasteiger partial charge in [0.15, 0.2) is 0 Å². The van der Waals surface area contributed by atoms with E-state index in [1.54, 1.807) is 0 Å². The van der Waals surface area contributed by atoms with Crippen LogP contribution in [0.25, 0.3) is 0 Å². The molecule has 1 aromatic rings. The predicted molar refractivity (Wildman–Crippen MR) is 58.7 cm³/mol. The van der Waals surface area contributed by atoms with Crippen LogP contribution in [0.3, 0.4) is 0 Å². The van der Waals surface area contributed by atoms with Crippen molar-refractivity contribution in [2.24, 2.45) is 5.73 Å². The second kappa shape index (κ2) is 4.51. The van der Waals surface area contributed by atoms with Crippen LogP contribution in [-0.2, 0) is 6.54 Å². The number of hydrogen-bond donors (Lipinski definition) is 1. The number of oxazole rings is 1. The molecule has 16 heavy (non-hydrogen) atoms. The van der Waals surface area contributed by atoms with Crippen molar-refractivity contribution in [3.8, 4) is 0 Å². The van der Waals surface area contributed by atoms with Crippen LogP contribution < -0.4 is 5.73 Å². The van der Waals surface area contributed by atoms with Gasteiger partial charge in [-0.3, -0.25) is 4.90 Å². The van der Waals surface area contributed by atoms with Crippen LogP contribution >= 0.6 is 0 Å². The number of aromatic nitrogens is 1. The number of aryl methyl sites for hydroxylation is 2. The van der Waals surface area contributed by atoms with Gasteiger partial charge in [-0.1, -0.05) is 0 Å². The van der Waals surface area contributed by atoms with E-state index in [4.69, 9.17) is 10.2 Å². The number of halogens is 1. The maximum absolute atomic E-state index is 13.2. The van der Waals surface area contributed by atoms with Gasteiger partial charge >= 0.3 is 0 Å². The normalized spacial score (nSPS) is 26.5. The van der Waals surface area contributed by atoms with Gasteiger partial charge in [0.1, 0.15) is 11.9 Å².